The maximum Gasteiger partial charge on any atom is 0.291 e. The molecule has 0 aromatic heterocycles. The van der Waals surface area contributed by atoms with Gasteiger partial charge >= 0.3 is 0 Å². The second kappa shape index (κ2) is 5.49. The Morgan fingerprint density at radius 3 is 2.76 bits per heavy atom. The molecule has 92 valence electrons. The summed E-state index contributed by atoms with van der Waals surface area (Å²) >= 11 is 3.20. The van der Waals surface area contributed by atoms with E-state index in [1.165, 1.54) is 7.11 Å². The molecule has 1 saturated heterocycles. The molecule has 2 unspecified atom stereocenters. The lowest BCUT2D eigenvalue weighted by molar-refractivity contribution is -0.218. The Bertz CT molecular complexity index is 409. The highest BCUT2D eigenvalue weighted by molar-refractivity contribution is 9.11. The fourth-order valence-electron chi connectivity index (χ4n) is 1.97. The van der Waals surface area contributed by atoms with Crippen LogP contribution in [0.1, 0.15) is 24.1 Å². The monoisotopic (exact) mass is 316 g/mol. The normalized spacial score (nSPS) is 31.2. The van der Waals surface area contributed by atoms with Crippen molar-refractivity contribution in [3.05, 3.63) is 46.6 Å². The molecule has 1 aromatic rings. The predicted octanol–water partition coefficient (Wildman–Crippen LogP) is 3.54. The van der Waals surface area contributed by atoms with Gasteiger partial charge in [-0.15, -0.1) is 0 Å². The molecule has 1 aliphatic rings. The zero-order valence-electron chi connectivity index (χ0n) is 9.51. The van der Waals surface area contributed by atoms with Crippen LogP contribution in [0.4, 0.5) is 0 Å². The highest BCUT2D eigenvalue weighted by Gasteiger charge is 2.46. The lowest BCUT2D eigenvalue weighted by Gasteiger charge is -2.37. The van der Waals surface area contributed by atoms with Crippen molar-refractivity contribution >= 4 is 23.9 Å². The molecule has 2 rings (SSSR count). The molecule has 0 bridgehead atoms. The third kappa shape index (κ3) is 2.71. The lowest BCUT2D eigenvalue weighted by Crippen LogP contribution is -2.25. The number of allylic oxidation sites excluding steroid dienone is 1. The Morgan fingerprint density at radius 2 is 2.18 bits per heavy atom. The molecule has 0 radical (unpaired) electrons. The summed E-state index contributed by atoms with van der Waals surface area (Å²) in [7, 11) is -1.66. The van der Waals surface area contributed by atoms with Gasteiger partial charge in [0.25, 0.3) is 7.94 Å². The number of benzene rings is 1. The molecule has 17 heavy (non-hydrogen) atoms. The van der Waals surface area contributed by atoms with E-state index >= 15 is 0 Å². The van der Waals surface area contributed by atoms with Gasteiger partial charge in [0.2, 0.25) is 0 Å². The first kappa shape index (κ1) is 13.0. The maximum atomic E-state index is 12.6. The van der Waals surface area contributed by atoms with Crippen molar-refractivity contribution in [2.45, 2.75) is 18.5 Å². The fraction of sp³-hybridized carbons (Fsp3) is 0.333. The van der Waals surface area contributed by atoms with Gasteiger partial charge in [0, 0.05) is 17.8 Å². The zero-order valence-corrected chi connectivity index (χ0v) is 12.0. The van der Waals surface area contributed by atoms with E-state index in [9.17, 15) is 4.89 Å². The molecule has 1 heterocycles. The summed E-state index contributed by atoms with van der Waals surface area (Å²) in [4.78, 5) is 14.3. The largest absolute Gasteiger partial charge is 0.624 e. The van der Waals surface area contributed by atoms with Crippen LogP contribution in [-0.4, -0.2) is 7.11 Å². The number of rotatable bonds is 2. The molecular weight excluding hydrogens is 303 g/mol. The van der Waals surface area contributed by atoms with Gasteiger partial charge in [0.05, 0.1) is 7.11 Å². The van der Waals surface area contributed by atoms with Crippen LogP contribution in [0.2, 0.25) is 0 Å². The summed E-state index contributed by atoms with van der Waals surface area (Å²) in [5, 5.41) is 0. The minimum Gasteiger partial charge on any atom is -0.624 e. The third-order valence-electron chi connectivity index (χ3n) is 2.85. The summed E-state index contributed by atoms with van der Waals surface area (Å²) in [6.45, 7) is 0. The van der Waals surface area contributed by atoms with E-state index in [0.29, 0.717) is 5.76 Å². The van der Waals surface area contributed by atoms with E-state index in [1.54, 1.807) is 4.99 Å². The second-order valence-electron chi connectivity index (χ2n) is 3.85. The van der Waals surface area contributed by atoms with Gasteiger partial charge in [-0.05, 0) is 5.56 Å². The molecule has 1 aliphatic heterocycles. The van der Waals surface area contributed by atoms with Crippen molar-refractivity contribution in [1.29, 1.82) is 0 Å². The summed E-state index contributed by atoms with van der Waals surface area (Å²) in [5.41, 5.74) is 0.830. The van der Waals surface area contributed by atoms with Crippen LogP contribution in [0, 0.1) is 0 Å². The molecule has 5 heteroatoms. The number of hydrogen-bond donors (Lipinski definition) is 0. The van der Waals surface area contributed by atoms with E-state index < -0.39 is 7.94 Å². The van der Waals surface area contributed by atoms with Gasteiger partial charge in [-0.2, -0.15) is 0 Å². The average Bonchev–Trinajstić information content (AvgIpc) is 2.39. The Kier molecular flexibility index (Phi) is 4.21. The highest BCUT2D eigenvalue weighted by atomic mass is 79.9. The Labute approximate surface area is 110 Å². The van der Waals surface area contributed by atoms with Crippen LogP contribution < -0.4 is 4.89 Å². The second-order valence-corrected chi connectivity index (χ2v) is 6.56. The molecule has 0 spiro atoms. The van der Waals surface area contributed by atoms with Gasteiger partial charge in [0.15, 0.2) is 11.4 Å². The van der Waals surface area contributed by atoms with Crippen LogP contribution in [0.25, 0.3) is 0 Å². The molecule has 0 amide bonds. The smallest absolute Gasteiger partial charge is 0.291 e. The summed E-state index contributed by atoms with van der Waals surface area (Å²) in [6.07, 6.45) is 1.53. The van der Waals surface area contributed by atoms with Gasteiger partial charge in [0.1, 0.15) is 0 Å². The van der Waals surface area contributed by atoms with Crippen LogP contribution in [0.5, 0.6) is 0 Å². The van der Waals surface area contributed by atoms with Gasteiger partial charge in [-0.25, -0.2) is 4.52 Å². The molecule has 0 N–H and O–H groups in total. The Balaban J connectivity index is 2.29. The molecule has 1 aromatic carbocycles. The lowest BCUT2D eigenvalue weighted by atomic mass is 10.1. The molecule has 3 nitrogen and oxygen atoms in total. The van der Waals surface area contributed by atoms with E-state index in [0.717, 1.165) is 18.4 Å². The zero-order chi connectivity index (χ0) is 12.3. The van der Waals surface area contributed by atoms with Gasteiger partial charge in [-0.1, -0.05) is 46.3 Å². The first-order valence-corrected chi connectivity index (χ1v) is 7.91. The minimum absolute atomic E-state index is 0.176. The van der Waals surface area contributed by atoms with Crippen molar-refractivity contribution in [3.63, 3.8) is 0 Å². The van der Waals surface area contributed by atoms with Crippen molar-refractivity contribution in [2.24, 2.45) is 0 Å². The Morgan fingerprint density at radius 1 is 1.47 bits per heavy atom. The van der Waals surface area contributed by atoms with E-state index in [-0.39, 0.29) is 5.66 Å². The molecule has 0 saturated carbocycles. The van der Waals surface area contributed by atoms with Gasteiger partial charge in [-0.3, -0.25) is 0 Å². The average molecular weight is 317 g/mol. The molecular formula is C12H14BrO3P. The van der Waals surface area contributed by atoms with Crippen LogP contribution >= 0.6 is 23.9 Å². The highest BCUT2D eigenvalue weighted by Crippen LogP contribution is 2.69. The summed E-state index contributed by atoms with van der Waals surface area (Å²) < 4.78 is 10.6. The Hall–Kier alpha value is -0.410. The standard InChI is InChI=1S/C12H14BrO3P/c1-15-17(14)12(8-7-11(9-13)16-17)10-5-3-2-4-6-10/h2-6,9,12H,7-8H2,1H3/b11-9+. The number of hydrogen-bond acceptors (Lipinski definition) is 3. The molecule has 2 atom stereocenters. The fourth-order valence-corrected chi connectivity index (χ4v) is 4.35. The van der Waals surface area contributed by atoms with Crippen LogP contribution in [0.3, 0.4) is 0 Å². The molecule has 0 aliphatic carbocycles. The van der Waals surface area contributed by atoms with Crippen LogP contribution in [-0.2, 0) is 9.05 Å². The van der Waals surface area contributed by atoms with Gasteiger partial charge < -0.3 is 9.42 Å². The predicted molar refractivity (Wildman–Crippen MR) is 70.4 cm³/mol. The van der Waals surface area contributed by atoms with E-state index in [1.807, 2.05) is 30.3 Å². The summed E-state index contributed by atoms with van der Waals surface area (Å²) in [5.74, 6) is 0.683. The van der Waals surface area contributed by atoms with Crippen molar-refractivity contribution in [1.82, 2.24) is 0 Å². The first-order valence-electron chi connectivity index (χ1n) is 5.39. The molecule has 1 fully saturated rings. The third-order valence-corrected chi connectivity index (χ3v) is 5.68. The van der Waals surface area contributed by atoms with E-state index in [4.69, 9.17) is 9.05 Å². The van der Waals surface area contributed by atoms with Crippen molar-refractivity contribution in [3.8, 4) is 0 Å². The summed E-state index contributed by atoms with van der Waals surface area (Å²) in [6, 6.07) is 9.73. The quantitative estimate of drug-likeness (QED) is 0.784. The number of halogens is 1. The van der Waals surface area contributed by atoms with Crippen molar-refractivity contribution in [2.75, 3.05) is 7.11 Å². The minimum atomic E-state index is -3.10. The first-order chi connectivity index (χ1) is 8.19. The topological polar surface area (TPSA) is 41.5 Å². The van der Waals surface area contributed by atoms with Crippen LogP contribution in [0.15, 0.2) is 41.1 Å². The SMILES string of the molecule is CO[P+]1([O-])O/C(=C/Br)CCC1c1ccccc1. The van der Waals surface area contributed by atoms with E-state index in [2.05, 4.69) is 15.9 Å². The van der Waals surface area contributed by atoms with Crippen molar-refractivity contribution < 1.29 is 13.9 Å². The maximum absolute atomic E-state index is 12.6.